The molecule has 3 fully saturated rings. The van der Waals surface area contributed by atoms with Crippen molar-refractivity contribution in [2.24, 2.45) is 16.8 Å². The minimum atomic E-state index is 0. The third kappa shape index (κ3) is 4.21. The molecule has 0 bridgehead atoms. The normalized spacial score (nSPS) is 32.0. The van der Waals surface area contributed by atoms with Crippen molar-refractivity contribution in [2.75, 3.05) is 26.7 Å². The SMILES string of the molecule is CN=C(NCC1CC1)NC1CN(C2CC2)CC1C.I. The van der Waals surface area contributed by atoms with E-state index in [1.54, 1.807) is 0 Å². The summed E-state index contributed by atoms with van der Waals surface area (Å²) in [5.74, 6) is 2.62. The molecule has 4 nitrogen and oxygen atoms in total. The van der Waals surface area contributed by atoms with Gasteiger partial charge in [0.2, 0.25) is 0 Å². The van der Waals surface area contributed by atoms with Gasteiger partial charge in [0.1, 0.15) is 0 Å². The Balaban J connectivity index is 0.00000133. The number of halogens is 1. The summed E-state index contributed by atoms with van der Waals surface area (Å²) in [6.07, 6.45) is 5.60. The molecule has 3 rings (SSSR count). The van der Waals surface area contributed by atoms with Crippen molar-refractivity contribution >= 4 is 29.9 Å². The van der Waals surface area contributed by atoms with Crippen LogP contribution in [0.25, 0.3) is 0 Å². The van der Waals surface area contributed by atoms with Crippen LogP contribution in [-0.4, -0.2) is 49.6 Å². The zero-order valence-corrected chi connectivity index (χ0v) is 14.4. The van der Waals surface area contributed by atoms with Gasteiger partial charge in [-0.05, 0) is 37.5 Å². The molecule has 1 heterocycles. The second-order valence-electron chi connectivity index (χ2n) is 6.31. The summed E-state index contributed by atoms with van der Waals surface area (Å²) in [5, 5.41) is 7.07. The van der Waals surface area contributed by atoms with Gasteiger partial charge < -0.3 is 10.6 Å². The van der Waals surface area contributed by atoms with E-state index in [9.17, 15) is 0 Å². The molecule has 5 heteroatoms. The van der Waals surface area contributed by atoms with Crippen molar-refractivity contribution in [2.45, 2.75) is 44.7 Å². The van der Waals surface area contributed by atoms with Gasteiger partial charge in [-0.1, -0.05) is 6.92 Å². The van der Waals surface area contributed by atoms with Crippen LogP contribution in [-0.2, 0) is 0 Å². The lowest BCUT2D eigenvalue weighted by atomic mass is 10.1. The van der Waals surface area contributed by atoms with Crippen molar-refractivity contribution in [3.63, 3.8) is 0 Å². The van der Waals surface area contributed by atoms with Gasteiger partial charge in [-0.2, -0.15) is 0 Å². The number of rotatable bonds is 4. The number of nitrogens with zero attached hydrogens (tertiary/aromatic N) is 2. The van der Waals surface area contributed by atoms with Crippen LogP contribution in [0.3, 0.4) is 0 Å². The molecule has 2 atom stereocenters. The van der Waals surface area contributed by atoms with Crippen LogP contribution in [0.4, 0.5) is 0 Å². The molecule has 1 saturated heterocycles. The van der Waals surface area contributed by atoms with Crippen LogP contribution in [0.5, 0.6) is 0 Å². The predicted octanol–water partition coefficient (Wildman–Crippen LogP) is 1.66. The Bertz CT molecular complexity index is 325. The molecule has 2 aliphatic carbocycles. The first kappa shape index (κ1) is 15.4. The molecule has 0 spiro atoms. The molecule has 19 heavy (non-hydrogen) atoms. The second kappa shape index (κ2) is 6.61. The number of guanidine groups is 1. The summed E-state index contributed by atoms with van der Waals surface area (Å²) in [5.41, 5.74) is 0. The quantitative estimate of drug-likeness (QED) is 0.444. The smallest absolute Gasteiger partial charge is 0.191 e. The Hall–Kier alpha value is -0.0400. The lowest BCUT2D eigenvalue weighted by molar-refractivity contribution is 0.315. The third-order valence-electron chi connectivity index (χ3n) is 4.50. The monoisotopic (exact) mass is 378 g/mol. The molecular weight excluding hydrogens is 351 g/mol. The molecule has 0 aromatic carbocycles. The van der Waals surface area contributed by atoms with Gasteiger partial charge in [0, 0.05) is 38.8 Å². The van der Waals surface area contributed by atoms with Crippen LogP contribution >= 0.6 is 24.0 Å². The third-order valence-corrected chi connectivity index (χ3v) is 4.50. The highest BCUT2D eigenvalue weighted by Gasteiger charge is 2.38. The topological polar surface area (TPSA) is 39.7 Å². The van der Waals surface area contributed by atoms with Gasteiger partial charge >= 0.3 is 0 Å². The Labute approximate surface area is 133 Å². The average Bonchev–Trinajstić information content (AvgIpc) is 3.26. The summed E-state index contributed by atoms with van der Waals surface area (Å²) in [7, 11) is 1.88. The Morgan fingerprint density at radius 1 is 1.21 bits per heavy atom. The number of likely N-dealkylation sites (tertiary alicyclic amines) is 1. The van der Waals surface area contributed by atoms with E-state index in [4.69, 9.17) is 0 Å². The molecule has 0 aromatic heterocycles. The van der Waals surface area contributed by atoms with Crippen LogP contribution in [0.2, 0.25) is 0 Å². The lowest BCUT2D eigenvalue weighted by Gasteiger charge is -2.20. The molecule has 2 unspecified atom stereocenters. The number of hydrogen-bond donors (Lipinski definition) is 2. The van der Waals surface area contributed by atoms with E-state index in [1.165, 1.54) is 38.8 Å². The van der Waals surface area contributed by atoms with Gasteiger partial charge in [-0.15, -0.1) is 24.0 Å². The van der Waals surface area contributed by atoms with Gasteiger partial charge in [0.05, 0.1) is 0 Å². The van der Waals surface area contributed by atoms with Gasteiger partial charge in [-0.25, -0.2) is 0 Å². The molecule has 0 aromatic rings. The minimum absolute atomic E-state index is 0. The average molecular weight is 378 g/mol. The van der Waals surface area contributed by atoms with Gasteiger partial charge in [0.25, 0.3) is 0 Å². The summed E-state index contributed by atoms with van der Waals surface area (Å²) < 4.78 is 0. The van der Waals surface area contributed by atoms with Crippen LogP contribution < -0.4 is 10.6 Å². The van der Waals surface area contributed by atoms with Crippen molar-refractivity contribution in [1.82, 2.24) is 15.5 Å². The van der Waals surface area contributed by atoms with Crippen LogP contribution in [0.15, 0.2) is 4.99 Å². The Morgan fingerprint density at radius 3 is 2.53 bits per heavy atom. The van der Waals surface area contributed by atoms with E-state index in [2.05, 4.69) is 27.4 Å². The van der Waals surface area contributed by atoms with E-state index >= 15 is 0 Å². The number of nitrogens with one attached hydrogen (secondary N) is 2. The molecule has 1 aliphatic heterocycles. The fraction of sp³-hybridized carbons (Fsp3) is 0.929. The maximum absolute atomic E-state index is 4.35. The maximum Gasteiger partial charge on any atom is 0.191 e. The number of hydrogen-bond acceptors (Lipinski definition) is 2. The summed E-state index contributed by atoms with van der Waals surface area (Å²) >= 11 is 0. The molecule has 0 radical (unpaired) electrons. The Morgan fingerprint density at radius 2 is 1.95 bits per heavy atom. The molecule has 3 aliphatic rings. The first-order valence-corrected chi connectivity index (χ1v) is 7.47. The van der Waals surface area contributed by atoms with E-state index in [0.29, 0.717) is 6.04 Å². The van der Waals surface area contributed by atoms with Crippen molar-refractivity contribution in [1.29, 1.82) is 0 Å². The minimum Gasteiger partial charge on any atom is -0.356 e. The highest BCUT2D eigenvalue weighted by Crippen LogP contribution is 2.31. The first-order valence-electron chi connectivity index (χ1n) is 7.47. The lowest BCUT2D eigenvalue weighted by Crippen LogP contribution is -2.47. The molecule has 110 valence electrons. The van der Waals surface area contributed by atoms with E-state index < -0.39 is 0 Å². The second-order valence-corrected chi connectivity index (χ2v) is 6.31. The number of aliphatic imine (C=N–C) groups is 1. The zero-order chi connectivity index (χ0) is 12.5. The Kier molecular flexibility index (Phi) is 5.34. The van der Waals surface area contributed by atoms with E-state index in [0.717, 1.165) is 30.4 Å². The van der Waals surface area contributed by atoms with Crippen molar-refractivity contribution < 1.29 is 0 Å². The van der Waals surface area contributed by atoms with Gasteiger partial charge in [0.15, 0.2) is 5.96 Å². The zero-order valence-electron chi connectivity index (χ0n) is 12.1. The molecular formula is C14H27IN4. The fourth-order valence-electron chi connectivity index (χ4n) is 2.86. The summed E-state index contributed by atoms with van der Waals surface area (Å²) in [6.45, 7) is 5.89. The highest BCUT2D eigenvalue weighted by atomic mass is 127. The van der Waals surface area contributed by atoms with Crippen molar-refractivity contribution in [3.8, 4) is 0 Å². The van der Waals surface area contributed by atoms with Gasteiger partial charge in [-0.3, -0.25) is 9.89 Å². The molecule has 2 saturated carbocycles. The van der Waals surface area contributed by atoms with Crippen LogP contribution in [0, 0.1) is 11.8 Å². The van der Waals surface area contributed by atoms with Crippen LogP contribution in [0.1, 0.15) is 32.6 Å². The first-order chi connectivity index (χ1) is 8.76. The molecule has 0 amide bonds. The summed E-state index contributed by atoms with van der Waals surface area (Å²) in [6, 6.07) is 1.46. The summed E-state index contributed by atoms with van der Waals surface area (Å²) in [4.78, 5) is 7.00. The predicted molar refractivity (Wildman–Crippen MR) is 90.2 cm³/mol. The largest absolute Gasteiger partial charge is 0.356 e. The van der Waals surface area contributed by atoms with Crippen molar-refractivity contribution in [3.05, 3.63) is 0 Å². The highest BCUT2D eigenvalue weighted by molar-refractivity contribution is 14.0. The standard InChI is InChI=1S/C14H26N4.HI/c1-10-8-18(12-5-6-12)9-13(10)17-14(15-2)16-7-11-3-4-11;/h10-13H,3-9H2,1-2H3,(H2,15,16,17);1H. The fourth-order valence-corrected chi connectivity index (χ4v) is 2.86. The molecule has 2 N–H and O–H groups in total. The maximum atomic E-state index is 4.35. The van der Waals surface area contributed by atoms with E-state index in [-0.39, 0.29) is 24.0 Å². The van der Waals surface area contributed by atoms with E-state index in [1.807, 2.05) is 7.05 Å².